The van der Waals surface area contributed by atoms with Gasteiger partial charge >= 0.3 is 0 Å². The zero-order valence-corrected chi connectivity index (χ0v) is 28.7. The molecule has 9 rings (SSSR count). The van der Waals surface area contributed by atoms with E-state index in [1.165, 1.54) is 22.1 Å². The first-order valence-corrected chi connectivity index (χ1v) is 17.0. The number of fused-ring (bicyclic) bond motifs is 6. The van der Waals surface area contributed by atoms with Gasteiger partial charge in [-0.05, 0) is 84.5 Å². The van der Waals surface area contributed by atoms with E-state index in [9.17, 15) is 0 Å². The monoisotopic (exact) mass is 655 g/mol. The van der Waals surface area contributed by atoms with Crippen LogP contribution in [0.3, 0.4) is 0 Å². The maximum atomic E-state index is 6.94. The normalized spacial score (nSPS) is 14.7. The summed E-state index contributed by atoms with van der Waals surface area (Å²) in [6.45, 7) is 10.9. The van der Waals surface area contributed by atoms with E-state index in [0.717, 1.165) is 61.2 Å². The Labute approximate surface area is 290 Å². The Morgan fingerprint density at radius 1 is 0.740 bits per heavy atom. The highest BCUT2D eigenvalue weighted by atomic mass is 16.5. The second-order valence-electron chi connectivity index (χ2n) is 14.2. The molecule has 7 nitrogen and oxygen atoms in total. The molecule has 1 atom stereocenters. The van der Waals surface area contributed by atoms with Gasteiger partial charge in [0, 0.05) is 34.0 Å². The lowest BCUT2D eigenvalue weighted by molar-refractivity contribution is 0.487. The van der Waals surface area contributed by atoms with Gasteiger partial charge in [-0.25, -0.2) is 9.98 Å². The number of anilines is 1. The smallest absolute Gasteiger partial charge is 0.167 e. The first-order valence-electron chi connectivity index (χ1n) is 17.0. The molecule has 0 bridgehead atoms. The molecule has 50 heavy (non-hydrogen) atoms. The number of para-hydroxylation sites is 3. The molecule has 3 aromatic heterocycles. The standard InChI is InChI=1S/C43H37N5O2/c1-26-11-10-12-27(2)41(26)48-42(45-25-46-48)28-21-37(40-33-14-7-9-16-36(33)50-38(40)22-28)49-30-17-18-32-31-13-6-8-15-34(31)47(35(32)24-30)39-23-29(19-20-44-39)43(3,4)5/h6-25,42H,1-5H3,(H,45,46). The van der Waals surface area contributed by atoms with Gasteiger partial charge in [0.05, 0.1) is 22.1 Å². The SMILES string of the molecule is Cc1cccc(C)c1N1NC=NC1c1cc(Oc2ccc3c4ccccc4n(-c4cc(C(C)(C)C)ccn4)c3c2)c2c(c1)oc1ccccc12. The van der Waals surface area contributed by atoms with Crippen LogP contribution in [-0.4, -0.2) is 15.9 Å². The highest BCUT2D eigenvalue weighted by molar-refractivity contribution is 6.10. The van der Waals surface area contributed by atoms with Gasteiger partial charge in [0.1, 0.15) is 34.8 Å². The molecule has 4 heterocycles. The van der Waals surface area contributed by atoms with Crippen LogP contribution in [-0.2, 0) is 5.41 Å². The molecule has 0 radical (unpaired) electrons. The highest BCUT2D eigenvalue weighted by Gasteiger charge is 2.28. The van der Waals surface area contributed by atoms with E-state index in [-0.39, 0.29) is 11.6 Å². The van der Waals surface area contributed by atoms with E-state index in [0.29, 0.717) is 5.75 Å². The molecule has 0 saturated carbocycles. The summed E-state index contributed by atoms with van der Waals surface area (Å²) >= 11 is 0. The molecule has 7 heteroatoms. The molecular weight excluding hydrogens is 619 g/mol. The maximum Gasteiger partial charge on any atom is 0.167 e. The van der Waals surface area contributed by atoms with E-state index < -0.39 is 0 Å². The molecule has 246 valence electrons. The third kappa shape index (κ3) is 4.80. The fraction of sp³-hybridized carbons (Fsp3) is 0.163. The number of pyridine rings is 1. The fourth-order valence-corrected chi connectivity index (χ4v) is 7.37. The van der Waals surface area contributed by atoms with Gasteiger partial charge < -0.3 is 9.15 Å². The van der Waals surface area contributed by atoms with Crippen molar-refractivity contribution in [3.8, 4) is 17.3 Å². The molecule has 0 amide bonds. The lowest BCUT2D eigenvalue weighted by Gasteiger charge is -2.28. The molecule has 0 spiro atoms. The van der Waals surface area contributed by atoms with E-state index >= 15 is 0 Å². The van der Waals surface area contributed by atoms with Crippen molar-refractivity contribution in [2.45, 2.75) is 46.2 Å². The van der Waals surface area contributed by atoms with Gasteiger partial charge in [0.2, 0.25) is 0 Å². The van der Waals surface area contributed by atoms with Crippen LogP contribution in [0.25, 0.3) is 49.6 Å². The Morgan fingerprint density at radius 3 is 2.32 bits per heavy atom. The second-order valence-corrected chi connectivity index (χ2v) is 14.2. The minimum Gasteiger partial charge on any atom is -0.456 e. The summed E-state index contributed by atoms with van der Waals surface area (Å²) in [6.07, 6.45) is 3.35. The van der Waals surface area contributed by atoms with Crippen molar-refractivity contribution in [1.29, 1.82) is 0 Å². The summed E-state index contributed by atoms with van der Waals surface area (Å²) in [5, 5.41) is 6.35. The predicted molar refractivity (Wildman–Crippen MR) is 204 cm³/mol. The minimum absolute atomic E-state index is 0.0131. The quantitative estimate of drug-likeness (QED) is 0.200. The molecule has 0 saturated heterocycles. The van der Waals surface area contributed by atoms with Gasteiger partial charge in [-0.3, -0.25) is 15.0 Å². The number of hydrogen-bond donors (Lipinski definition) is 1. The maximum absolute atomic E-state index is 6.94. The number of hydrogen-bond acceptors (Lipinski definition) is 6. The average molecular weight is 656 g/mol. The first kappa shape index (κ1) is 30.0. The third-order valence-corrected chi connectivity index (χ3v) is 9.81. The number of hydrazine groups is 1. The van der Waals surface area contributed by atoms with Crippen LogP contribution in [0.5, 0.6) is 11.5 Å². The van der Waals surface area contributed by atoms with Crippen LogP contribution in [0.1, 0.15) is 49.2 Å². The molecule has 8 aromatic rings. The van der Waals surface area contributed by atoms with Crippen molar-refractivity contribution in [3.63, 3.8) is 0 Å². The molecule has 1 N–H and O–H groups in total. The Kier molecular flexibility index (Phi) is 6.75. The predicted octanol–water partition coefficient (Wildman–Crippen LogP) is 10.8. The van der Waals surface area contributed by atoms with Crippen molar-refractivity contribution in [2.24, 2.45) is 4.99 Å². The second kappa shape index (κ2) is 11.2. The van der Waals surface area contributed by atoms with Crippen molar-refractivity contribution in [3.05, 3.63) is 138 Å². The van der Waals surface area contributed by atoms with Crippen LogP contribution in [0, 0.1) is 13.8 Å². The number of nitrogens with one attached hydrogen (secondary N) is 1. The molecule has 1 unspecified atom stereocenters. The third-order valence-electron chi connectivity index (χ3n) is 9.81. The van der Waals surface area contributed by atoms with Gasteiger partial charge in [-0.1, -0.05) is 75.4 Å². The van der Waals surface area contributed by atoms with Crippen molar-refractivity contribution in [1.82, 2.24) is 15.0 Å². The Bertz CT molecular complexity index is 2620. The number of furan rings is 1. The van der Waals surface area contributed by atoms with Crippen LogP contribution >= 0.6 is 0 Å². The first-order chi connectivity index (χ1) is 24.2. The van der Waals surface area contributed by atoms with Gasteiger partial charge in [0.15, 0.2) is 6.17 Å². The van der Waals surface area contributed by atoms with Crippen LogP contribution in [0.15, 0.2) is 125 Å². The summed E-state index contributed by atoms with van der Waals surface area (Å²) < 4.78 is 15.6. The summed E-state index contributed by atoms with van der Waals surface area (Å²) in [7, 11) is 0. The Balaban J connectivity index is 1.21. The lowest BCUT2D eigenvalue weighted by Crippen LogP contribution is -2.35. The van der Waals surface area contributed by atoms with Gasteiger partial charge in [-0.2, -0.15) is 0 Å². The molecule has 5 aromatic carbocycles. The van der Waals surface area contributed by atoms with Crippen molar-refractivity contribution < 1.29 is 9.15 Å². The molecular formula is C43H37N5O2. The number of ether oxygens (including phenoxy) is 1. The lowest BCUT2D eigenvalue weighted by atomic mass is 9.88. The molecule has 1 aliphatic rings. The zero-order chi connectivity index (χ0) is 34.1. The fourth-order valence-electron chi connectivity index (χ4n) is 7.37. The van der Waals surface area contributed by atoms with Gasteiger partial charge in [-0.15, -0.1) is 0 Å². The van der Waals surface area contributed by atoms with Crippen LogP contribution in [0.4, 0.5) is 5.69 Å². The number of rotatable bonds is 5. The zero-order valence-electron chi connectivity index (χ0n) is 28.7. The summed E-state index contributed by atoms with van der Waals surface area (Å²) in [4.78, 5) is 9.74. The Morgan fingerprint density at radius 2 is 1.50 bits per heavy atom. The van der Waals surface area contributed by atoms with E-state index in [4.69, 9.17) is 19.1 Å². The number of aliphatic imine (C=N–C) groups is 1. The summed E-state index contributed by atoms with van der Waals surface area (Å²) in [5.74, 6) is 2.31. The van der Waals surface area contributed by atoms with Crippen molar-refractivity contribution in [2.75, 3.05) is 5.01 Å². The largest absolute Gasteiger partial charge is 0.456 e. The number of nitrogens with zero attached hydrogens (tertiary/aromatic N) is 4. The molecule has 0 fully saturated rings. The van der Waals surface area contributed by atoms with Crippen molar-refractivity contribution >= 4 is 55.8 Å². The minimum atomic E-state index is -0.319. The average Bonchev–Trinajstić information content (AvgIpc) is 3.82. The Hall–Kier alpha value is -6.08. The summed E-state index contributed by atoms with van der Waals surface area (Å²) in [5.41, 5.74) is 12.7. The summed E-state index contributed by atoms with van der Waals surface area (Å²) in [6, 6.07) is 37.8. The topological polar surface area (TPSA) is 67.8 Å². The highest BCUT2D eigenvalue weighted by Crippen LogP contribution is 2.43. The van der Waals surface area contributed by atoms with E-state index in [1.807, 2.05) is 24.4 Å². The van der Waals surface area contributed by atoms with Gasteiger partial charge in [0.25, 0.3) is 0 Å². The molecule has 0 aliphatic carbocycles. The van der Waals surface area contributed by atoms with Crippen LogP contribution in [0.2, 0.25) is 0 Å². The number of aromatic nitrogens is 2. The van der Waals surface area contributed by atoms with E-state index in [2.05, 4.69) is 141 Å². The molecule has 1 aliphatic heterocycles. The van der Waals surface area contributed by atoms with E-state index in [1.54, 1.807) is 6.34 Å². The van der Waals surface area contributed by atoms with Crippen LogP contribution < -0.4 is 15.2 Å². The number of aryl methyl sites for hydroxylation is 2. The number of benzene rings is 5.